The SMILES string of the molecule is CCOC(=O)c1c(C)[nH]c(C(=O)OCC(=O)Nc2cccc(S(=O)(=O)N3CCCCC3)c2)c1C. The van der Waals surface area contributed by atoms with E-state index >= 15 is 0 Å². The number of hydrogen-bond donors (Lipinski definition) is 2. The molecule has 0 bridgehead atoms. The van der Waals surface area contributed by atoms with E-state index in [1.165, 1.54) is 16.4 Å². The van der Waals surface area contributed by atoms with Crippen molar-refractivity contribution in [3.05, 3.63) is 46.8 Å². The molecule has 34 heavy (non-hydrogen) atoms. The highest BCUT2D eigenvalue weighted by Crippen LogP contribution is 2.23. The van der Waals surface area contributed by atoms with Gasteiger partial charge >= 0.3 is 11.9 Å². The Balaban J connectivity index is 1.63. The Bertz CT molecular complexity index is 1180. The van der Waals surface area contributed by atoms with E-state index in [2.05, 4.69) is 10.3 Å². The van der Waals surface area contributed by atoms with Crippen LogP contribution in [0.5, 0.6) is 0 Å². The minimum absolute atomic E-state index is 0.0583. The fourth-order valence-electron chi connectivity index (χ4n) is 3.85. The van der Waals surface area contributed by atoms with E-state index in [1.54, 1.807) is 32.9 Å². The van der Waals surface area contributed by atoms with Gasteiger partial charge in [0.05, 0.1) is 17.1 Å². The predicted molar refractivity (Wildman–Crippen MR) is 124 cm³/mol. The maximum atomic E-state index is 12.9. The Kier molecular flexibility index (Phi) is 8.11. The summed E-state index contributed by atoms with van der Waals surface area (Å²) in [4.78, 5) is 39.8. The first kappa shape index (κ1) is 25.4. The number of nitrogens with one attached hydrogen (secondary N) is 2. The van der Waals surface area contributed by atoms with Crippen molar-refractivity contribution in [1.82, 2.24) is 9.29 Å². The van der Waals surface area contributed by atoms with E-state index in [-0.39, 0.29) is 28.4 Å². The number of esters is 2. The summed E-state index contributed by atoms with van der Waals surface area (Å²) in [6.07, 6.45) is 2.65. The van der Waals surface area contributed by atoms with Crippen LogP contribution in [0.15, 0.2) is 29.2 Å². The molecule has 184 valence electrons. The third-order valence-electron chi connectivity index (χ3n) is 5.53. The Morgan fingerprint density at radius 1 is 1.06 bits per heavy atom. The minimum Gasteiger partial charge on any atom is -0.462 e. The van der Waals surface area contributed by atoms with Crippen molar-refractivity contribution in [2.75, 3.05) is 31.6 Å². The Morgan fingerprint density at radius 2 is 1.76 bits per heavy atom. The number of rotatable bonds is 8. The van der Waals surface area contributed by atoms with Crippen LogP contribution in [-0.2, 0) is 24.3 Å². The highest BCUT2D eigenvalue weighted by Gasteiger charge is 2.27. The van der Waals surface area contributed by atoms with E-state index in [0.29, 0.717) is 24.3 Å². The highest BCUT2D eigenvalue weighted by molar-refractivity contribution is 7.89. The lowest BCUT2D eigenvalue weighted by molar-refractivity contribution is -0.119. The van der Waals surface area contributed by atoms with E-state index in [9.17, 15) is 22.8 Å². The zero-order valence-corrected chi connectivity index (χ0v) is 20.3. The third kappa shape index (κ3) is 5.65. The first-order valence-electron chi connectivity index (χ1n) is 11.1. The second kappa shape index (κ2) is 10.8. The van der Waals surface area contributed by atoms with Gasteiger partial charge in [-0.05, 0) is 57.4 Å². The molecule has 11 heteroatoms. The van der Waals surface area contributed by atoms with Crippen molar-refractivity contribution in [3.63, 3.8) is 0 Å². The average molecular weight is 492 g/mol. The topological polar surface area (TPSA) is 135 Å². The molecule has 0 aliphatic carbocycles. The normalized spacial score (nSPS) is 14.4. The number of H-pyrrole nitrogens is 1. The van der Waals surface area contributed by atoms with Gasteiger partial charge in [0.25, 0.3) is 5.91 Å². The number of benzene rings is 1. The van der Waals surface area contributed by atoms with Crippen LogP contribution < -0.4 is 5.32 Å². The smallest absolute Gasteiger partial charge is 0.355 e. The first-order chi connectivity index (χ1) is 16.1. The maximum absolute atomic E-state index is 12.9. The molecule has 0 radical (unpaired) electrons. The van der Waals surface area contributed by atoms with Crippen molar-refractivity contribution in [3.8, 4) is 0 Å². The van der Waals surface area contributed by atoms with Gasteiger partial charge in [-0.3, -0.25) is 4.79 Å². The van der Waals surface area contributed by atoms with Crippen molar-refractivity contribution in [2.24, 2.45) is 0 Å². The van der Waals surface area contributed by atoms with Gasteiger partial charge < -0.3 is 19.8 Å². The second-order valence-corrected chi connectivity index (χ2v) is 9.90. The molecule has 10 nitrogen and oxygen atoms in total. The molecule has 2 aromatic rings. The van der Waals surface area contributed by atoms with Gasteiger partial charge in [-0.15, -0.1) is 0 Å². The summed E-state index contributed by atoms with van der Waals surface area (Å²) < 4.78 is 37.2. The average Bonchev–Trinajstić information content (AvgIpc) is 3.12. The van der Waals surface area contributed by atoms with Crippen LogP contribution in [0.1, 0.15) is 58.3 Å². The van der Waals surface area contributed by atoms with Gasteiger partial charge in [0.15, 0.2) is 6.61 Å². The number of carbonyl (C=O) groups excluding carboxylic acids is 3. The zero-order valence-electron chi connectivity index (χ0n) is 19.5. The van der Waals surface area contributed by atoms with Crippen molar-refractivity contribution in [2.45, 2.75) is 44.9 Å². The molecule has 1 aliphatic rings. The number of hydrogen-bond acceptors (Lipinski definition) is 7. The fourth-order valence-corrected chi connectivity index (χ4v) is 5.42. The molecule has 1 aromatic carbocycles. The number of piperidine rings is 1. The molecule has 0 unspecified atom stereocenters. The monoisotopic (exact) mass is 491 g/mol. The summed E-state index contributed by atoms with van der Waals surface area (Å²) in [5, 5.41) is 2.55. The van der Waals surface area contributed by atoms with Crippen molar-refractivity contribution in [1.29, 1.82) is 0 Å². The lowest BCUT2D eigenvalue weighted by Gasteiger charge is -2.26. The van der Waals surface area contributed by atoms with Crippen molar-refractivity contribution < 1.29 is 32.3 Å². The van der Waals surface area contributed by atoms with Crippen LogP contribution in [0, 0.1) is 13.8 Å². The third-order valence-corrected chi connectivity index (χ3v) is 7.42. The Morgan fingerprint density at radius 3 is 2.44 bits per heavy atom. The summed E-state index contributed by atoms with van der Waals surface area (Å²) >= 11 is 0. The summed E-state index contributed by atoms with van der Waals surface area (Å²) in [5.41, 5.74) is 1.42. The number of nitrogens with zero attached hydrogens (tertiary/aromatic N) is 1. The number of ether oxygens (including phenoxy) is 2. The summed E-state index contributed by atoms with van der Waals surface area (Å²) in [6.45, 7) is 5.46. The van der Waals surface area contributed by atoms with Crippen LogP contribution in [0.25, 0.3) is 0 Å². The number of carbonyl (C=O) groups is 3. The van der Waals surface area contributed by atoms with E-state index in [0.717, 1.165) is 19.3 Å². The number of aromatic nitrogens is 1. The first-order valence-corrected chi connectivity index (χ1v) is 12.5. The highest BCUT2D eigenvalue weighted by atomic mass is 32.2. The van der Waals surface area contributed by atoms with Gasteiger partial charge in [-0.1, -0.05) is 12.5 Å². The van der Waals surface area contributed by atoms with Gasteiger partial charge in [0.2, 0.25) is 10.0 Å². The van der Waals surface area contributed by atoms with Gasteiger partial charge in [0.1, 0.15) is 5.69 Å². The lowest BCUT2D eigenvalue weighted by Crippen LogP contribution is -2.35. The van der Waals surface area contributed by atoms with Crippen LogP contribution in [0.3, 0.4) is 0 Å². The molecule has 0 spiro atoms. The van der Waals surface area contributed by atoms with Gasteiger partial charge in [-0.25, -0.2) is 18.0 Å². The molecule has 1 amide bonds. The number of aromatic amines is 1. The minimum atomic E-state index is -3.65. The summed E-state index contributed by atoms with van der Waals surface area (Å²) in [7, 11) is -3.65. The van der Waals surface area contributed by atoms with Crippen LogP contribution >= 0.6 is 0 Å². The molecule has 2 N–H and O–H groups in total. The van der Waals surface area contributed by atoms with E-state index in [4.69, 9.17) is 9.47 Å². The molecule has 1 saturated heterocycles. The number of amides is 1. The number of aryl methyl sites for hydroxylation is 1. The quantitative estimate of drug-likeness (QED) is 0.542. The molecular formula is C23H29N3O7S. The van der Waals surface area contributed by atoms with E-state index in [1.807, 2.05) is 0 Å². The standard InChI is InChI=1S/C23H29N3O7S/c1-4-32-22(28)20-15(2)21(24-16(20)3)23(29)33-14-19(27)25-17-9-8-10-18(13-17)34(30,31)26-11-6-5-7-12-26/h8-10,13,24H,4-7,11-12,14H2,1-3H3,(H,25,27). The molecule has 1 fully saturated rings. The molecule has 3 rings (SSSR count). The maximum Gasteiger partial charge on any atom is 0.355 e. The predicted octanol–water partition coefficient (Wildman–Crippen LogP) is 2.78. The van der Waals surface area contributed by atoms with Gasteiger partial charge in [-0.2, -0.15) is 4.31 Å². The van der Waals surface area contributed by atoms with Crippen molar-refractivity contribution >= 4 is 33.6 Å². The Labute approximate surface area is 198 Å². The molecule has 2 heterocycles. The van der Waals surface area contributed by atoms with Crippen LogP contribution in [0.2, 0.25) is 0 Å². The molecule has 0 saturated carbocycles. The molecule has 1 aliphatic heterocycles. The lowest BCUT2D eigenvalue weighted by atomic mass is 10.1. The summed E-state index contributed by atoms with van der Waals surface area (Å²) in [6, 6.07) is 5.96. The molecule has 1 aromatic heterocycles. The van der Waals surface area contributed by atoms with Crippen LogP contribution in [0.4, 0.5) is 5.69 Å². The Hall–Kier alpha value is -3.18. The van der Waals surface area contributed by atoms with Gasteiger partial charge in [0, 0.05) is 24.5 Å². The molecule has 0 atom stereocenters. The summed E-state index contributed by atoms with van der Waals surface area (Å²) in [5.74, 6) is -1.98. The zero-order chi connectivity index (χ0) is 24.9. The number of anilines is 1. The van der Waals surface area contributed by atoms with Crippen LogP contribution in [-0.4, -0.2) is 61.9 Å². The molecular weight excluding hydrogens is 462 g/mol. The fraction of sp³-hybridized carbons (Fsp3) is 0.435. The largest absolute Gasteiger partial charge is 0.462 e. The van der Waals surface area contributed by atoms with E-state index < -0.39 is 34.5 Å². The second-order valence-electron chi connectivity index (χ2n) is 7.96. The number of sulfonamides is 1.